The largest absolute Gasteiger partial charge is 0.497 e. The van der Waals surface area contributed by atoms with E-state index in [2.05, 4.69) is 10.6 Å². The van der Waals surface area contributed by atoms with Crippen LogP contribution in [0.5, 0.6) is 17.2 Å². The second kappa shape index (κ2) is 8.48. The van der Waals surface area contributed by atoms with Gasteiger partial charge >= 0.3 is 0 Å². The summed E-state index contributed by atoms with van der Waals surface area (Å²) in [6.07, 6.45) is 0. The molecule has 2 aromatic rings. The molecule has 2 N–H and O–H groups in total. The summed E-state index contributed by atoms with van der Waals surface area (Å²) in [7, 11) is 4.66. The van der Waals surface area contributed by atoms with Crippen molar-refractivity contribution in [1.29, 1.82) is 0 Å². The molecule has 2 rings (SSSR count). The minimum Gasteiger partial charge on any atom is -0.497 e. The summed E-state index contributed by atoms with van der Waals surface area (Å²) in [6.45, 7) is 1.95. The van der Waals surface area contributed by atoms with Crippen LogP contribution in [0.25, 0.3) is 0 Å². The summed E-state index contributed by atoms with van der Waals surface area (Å²) in [5, 5.41) is 6.45. The molecular formula is C18H21ClN2O4. The van der Waals surface area contributed by atoms with E-state index in [1.54, 1.807) is 45.6 Å². The first-order chi connectivity index (χ1) is 12.0. The molecule has 134 valence electrons. The van der Waals surface area contributed by atoms with E-state index in [1.807, 2.05) is 13.0 Å². The molecular weight excluding hydrogens is 344 g/mol. The van der Waals surface area contributed by atoms with Gasteiger partial charge in [-0.25, -0.2) is 0 Å². The lowest BCUT2D eigenvalue weighted by atomic mass is 10.2. The molecule has 0 bridgehead atoms. The average molecular weight is 365 g/mol. The van der Waals surface area contributed by atoms with Crippen LogP contribution in [0.15, 0.2) is 30.3 Å². The van der Waals surface area contributed by atoms with Crippen molar-refractivity contribution in [3.05, 3.63) is 40.9 Å². The first-order valence-corrected chi connectivity index (χ1v) is 7.95. The van der Waals surface area contributed by atoms with Gasteiger partial charge in [-0.1, -0.05) is 11.6 Å². The van der Waals surface area contributed by atoms with Gasteiger partial charge in [-0.05, 0) is 18.6 Å². The van der Waals surface area contributed by atoms with Crippen molar-refractivity contribution in [2.45, 2.75) is 6.92 Å². The number of hydrogen-bond acceptors (Lipinski definition) is 5. The molecule has 0 aliphatic carbocycles. The summed E-state index contributed by atoms with van der Waals surface area (Å²) in [5.74, 6) is 1.55. The predicted octanol–water partition coefficient (Wildman–Crippen LogP) is 3.72. The molecule has 25 heavy (non-hydrogen) atoms. The van der Waals surface area contributed by atoms with E-state index in [-0.39, 0.29) is 12.5 Å². The summed E-state index contributed by atoms with van der Waals surface area (Å²) >= 11 is 6.08. The molecule has 2 aromatic carbocycles. The fourth-order valence-electron chi connectivity index (χ4n) is 2.23. The fourth-order valence-corrected chi connectivity index (χ4v) is 2.38. The Labute approximate surface area is 152 Å². The molecule has 0 aromatic heterocycles. The summed E-state index contributed by atoms with van der Waals surface area (Å²) in [6, 6.07) is 8.71. The van der Waals surface area contributed by atoms with E-state index in [9.17, 15) is 4.79 Å². The lowest BCUT2D eigenvalue weighted by Gasteiger charge is -2.14. The molecule has 0 saturated heterocycles. The second-order valence-electron chi connectivity index (χ2n) is 5.30. The minimum atomic E-state index is -0.218. The van der Waals surface area contributed by atoms with Gasteiger partial charge in [-0.3, -0.25) is 4.79 Å². The summed E-state index contributed by atoms with van der Waals surface area (Å²) < 4.78 is 15.7. The third kappa shape index (κ3) is 4.93. The molecule has 0 heterocycles. The third-order valence-corrected chi connectivity index (χ3v) is 3.96. The van der Waals surface area contributed by atoms with Gasteiger partial charge in [-0.2, -0.15) is 0 Å². The first kappa shape index (κ1) is 18.7. The molecule has 6 nitrogen and oxygen atoms in total. The van der Waals surface area contributed by atoms with Crippen LogP contribution >= 0.6 is 11.6 Å². The molecule has 0 fully saturated rings. The maximum atomic E-state index is 12.2. The molecule has 0 unspecified atom stereocenters. The van der Waals surface area contributed by atoms with Crippen molar-refractivity contribution >= 4 is 28.9 Å². The van der Waals surface area contributed by atoms with Gasteiger partial charge in [0, 0.05) is 35.0 Å². The third-order valence-electron chi connectivity index (χ3n) is 3.56. The Morgan fingerprint density at radius 2 is 1.64 bits per heavy atom. The number of aryl methyl sites for hydroxylation is 1. The van der Waals surface area contributed by atoms with Crippen LogP contribution in [-0.4, -0.2) is 33.8 Å². The maximum absolute atomic E-state index is 12.2. The van der Waals surface area contributed by atoms with Gasteiger partial charge in [0.15, 0.2) is 0 Å². The van der Waals surface area contributed by atoms with Gasteiger partial charge in [0.05, 0.1) is 33.6 Å². The van der Waals surface area contributed by atoms with Crippen LogP contribution in [0.4, 0.5) is 11.4 Å². The van der Waals surface area contributed by atoms with Crippen molar-refractivity contribution in [1.82, 2.24) is 0 Å². The Hall–Kier alpha value is -2.60. The zero-order valence-corrected chi connectivity index (χ0v) is 15.4. The highest BCUT2D eigenvalue weighted by atomic mass is 35.5. The predicted molar refractivity (Wildman–Crippen MR) is 99.4 cm³/mol. The van der Waals surface area contributed by atoms with Crippen molar-refractivity contribution < 1.29 is 19.0 Å². The highest BCUT2D eigenvalue weighted by Crippen LogP contribution is 2.31. The summed E-state index contributed by atoms with van der Waals surface area (Å²) in [5.41, 5.74) is 2.17. The van der Waals surface area contributed by atoms with E-state index in [1.165, 1.54) is 0 Å². The molecule has 0 atom stereocenters. The number of benzene rings is 2. The Bertz CT molecular complexity index is 743. The van der Waals surface area contributed by atoms with Crippen LogP contribution in [0.3, 0.4) is 0 Å². The standard InChI is InChI=1S/C18H21ClN2O4/c1-11-5-16(17(25-4)9-15(11)19)20-10-18(22)21-12-6-13(23-2)8-14(7-12)24-3/h5-9,20H,10H2,1-4H3,(H,21,22). The Kier molecular flexibility index (Phi) is 6.36. The highest BCUT2D eigenvalue weighted by molar-refractivity contribution is 6.31. The van der Waals surface area contributed by atoms with Crippen molar-refractivity contribution in [2.24, 2.45) is 0 Å². The molecule has 7 heteroatoms. The van der Waals surface area contributed by atoms with Crippen molar-refractivity contribution in [3.8, 4) is 17.2 Å². The number of halogens is 1. The van der Waals surface area contributed by atoms with Crippen molar-refractivity contribution in [2.75, 3.05) is 38.5 Å². The molecule has 1 amide bonds. The van der Waals surface area contributed by atoms with Gasteiger partial charge < -0.3 is 24.8 Å². The quantitative estimate of drug-likeness (QED) is 0.783. The number of hydrogen-bond donors (Lipinski definition) is 2. The van der Waals surface area contributed by atoms with Crippen LogP contribution in [0, 0.1) is 6.92 Å². The number of rotatable bonds is 7. The number of anilines is 2. The first-order valence-electron chi connectivity index (χ1n) is 7.57. The number of ether oxygens (including phenoxy) is 3. The van der Waals surface area contributed by atoms with Gasteiger partial charge in [0.25, 0.3) is 0 Å². The number of amides is 1. The van der Waals surface area contributed by atoms with E-state index >= 15 is 0 Å². The van der Waals surface area contributed by atoms with Crippen LogP contribution in [0.2, 0.25) is 5.02 Å². The number of methoxy groups -OCH3 is 3. The maximum Gasteiger partial charge on any atom is 0.243 e. The monoisotopic (exact) mass is 364 g/mol. The minimum absolute atomic E-state index is 0.0664. The number of carbonyl (C=O) groups is 1. The van der Waals surface area contributed by atoms with E-state index < -0.39 is 0 Å². The van der Waals surface area contributed by atoms with Gasteiger partial charge in [0.1, 0.15) is 17.2 Å². The van der Waals surface area contributed by atoms with E-state index in [0.717, 1.165) is 5.56 Å². The lowest BCUT2D eigenvalue weighted by molar-refractivity contribution is -0.114. The second-order valence-corrected chi connectivity index (χ2v) is 5.71. The molecule has 0 aliphatic heterocycles. The van der Waals surface area contributed by atoms with Gasteiger partial charge in [-0.15, -0.1) is 0 Å². The number of carbonyl (C=O) groups excluding carboxylic acids is 1. The normalized spacial score (nSPS) is 10.1. The van der Waals surface area contributed by atoms with Crippen LogP contribution in [-0.2, 0) is 4.79 Å². The lowest BCUT2D eigenvalue weighted by Crippen LogP contribution is -2.22. The number of nitrogens with one attached hydrogen (secondary N) is 2. The SMILES string of the molecule is COc1cc(NC(=O)CNc2cc(C)c(Cl)cc2OC)cc(OC)c1. The Balaban J connectivity index is 2.05. The van der Waals surface area contributed by atoms with E-state index in [4.69, 9.17) is 25.8 Å². The average Bonchev–Trinajstić information content (AvgIpc) is 2.61. The Morgan fingerprint density at radius 3 is 2.20 bits per heavy atom. The van der Waals surface area contributed by atoms with Crippen molar-refractivity contribution in [3.63, 3.8) is 0 Å². The van der Waals surface area contributed by atoms with Crippen LogP contribution in [0.1, 0.15) is 5.56 Å². The zero-order chi connectivity index (χ0) is 18.4. The highest BCUT2D eigenvalue weighted by Gasteiger charge is 2.10. The molecule has 0 spiro atoms. The van der Waals surface area contributed by atoms with Crippen LogP contribution < -0.4 is 24.8 Å². The summed E-state index contributed by atoms with van der Waals surface area (Å²) in [4.78, 5) is 12.2. The smallest absolute Gasteiger partial charge is 0.243 e. The molecule has 0 saturated carbocycles. The van der Waals surface area contributed by atoms with E-state index in [0.29, 0.717) is 33.6 Å². The fraction of sp³-hybridized carbons (Fsp3) is 0.278. The topological polar surface area (TPSA) is 68.8 Å². The molecule has 0 radical (unpaired) electrons. The molecule has 0 aliphatic rings. The zero-order valence-electron chi connectivity index (χ0n) is 14.6. The Morgan fingerprint density at radius 1 is 1.00 bits per heavy atom. The van der Waals surface area contributed by atoms with Gasteiger partial charge in [0.2, 0.25) is 5.91 Å².